The van der Waals surface area contributed by atoms with Crippen LogP contribution in [-0.4, -0.2) is 45.5 Å². The Bertz CT molecular complexity index is 1790. The summed E-state index contributed by atoms with van der Waals surface area (Å²) in [6.45, 7) is 5.52. The maximum Gasteiger partial charge on any atom is 0.416 e. The summed E-state index contributed by atoms with van der Waals surface area (Å²) >= 11 is 0. The molecule has 1 aliphatic heterocycles. The molecule has 0 bridgehead atoms. The van der Waals surface area contributed by atoms with Crippen molar-refractivity contribution in [2.75, 3.05) is 0 Å². The van der Waals surface area contributed by atoms with E-state index in [9.17, 15) is 32.7 Å². The summed E-state index contributed by atoms with van der Waals surface area (Å²) in [5, 5.41) is 15.6. The second-order valence-electron chi connectivity index (χ2n) is 13.1. The topological polar surface area (TPSA) is 108 Å². The lowest BCUT2D eigenvalue weighted by molar-refractivity contribution is -0.142. The highest BCUT2D eigenvalue weighted by Crippen LogP contribution is 2.31. The van der Waals surface area contributed by atoms with E-state index in [1.165, 1.54) is 17.0 Å². The van der Waals surface area contributed by atoms with E-state index < -0.39 is 47.3 Å². The first-order valence-corrected chi connectivity index (χ1v) is 15.8. The summed E-state index contributed by atoms with van der Waals surface area (Å²) in [6.07, 6.45) is -4.25. The number of halogens is 3. The molecule has 5 rings (SSSR count). The predicted molar refractivity (Wildman–Crippen MR) is 179 cm³/mol. The number of amides is 3. The summed E-state index contributed by atoms with van der Waals surface area (Å²) in [5.41, 5.74) is 3.44. The van der Waals surface area contributed by atoms with E-state index in [-0.39, 0.29) is 26.0 Å². The molecule has 0 aliphatic carbocycles. The van der Waals surface area contributed by atoms with Gasteiger partial charge in [0.25, 0.3) is 0 Å². The molecule has 2 atom stereocenters. The highest BCUT2D eigenvalue weighted by atomic mass is 19.4. The van der Waals surface area contributed by atoms with Gasteiger partial charge in [-0.1, -0.05) is 72.8 Å². The number of rotatable bonds is 9. The van der Waals surface area contributed by atoms with Gasteiger partial charge in [-0.2, -0.15) is 13.2 Å². The largest absolute Gasteiger partial charge is 0.489 e. The molecule has 0 radical (unpaired) electrons. The maximum atomic E-state index is 13.8. The molecule has 0 fully saturated rings. The van der Waals surface area contributed by atoms with E-state index in [0.717, 1.165) is 39.9 Å². The van der Waals surface area contributed by atoms with E-state index in [0.29, 0.717) is 11.3 Å². The number of nitrogens with zero attached hydrogens (tertiary/aromatic N) is 1. The Morgan fingerprint density at radius 2 is 1.49 bits per heavy atom. The highest BCUT2D eigenvalue weighted by Gasteiger charge is 2.37. The molecular formula is C38H38F3N3O5. The summed E-state index contributed by atoms with van der Waals surface area (Å²) < 4.78 is 44.6. The van der Waals surface area contributed by atoms with Gasteiger partial charge in [-0.25, -0.2) is 9.59 Å². The van der Waals surface area contributed by atoms with Crippen LogP contribution in [0.3, 0.4) is 0 Å². The number of hydrogen-bond acceptors (Lipinski definition) is 4. The first-order valence-electron chi connectivity index (χ1n) is 15.8. The van der Waals surface area contributed by atoms with Crippen molar-refractivity contribution in [1.29, 1.82) is 0 Å². The second kappa shape index (κ2) is 14.4. The summed E-state index contributed by atoms with van der Waals surface area (Å²) in [7, 11) is 0. The minimum Gasteiger partial charge on any atom is -0.489 e. The Labute approximate surface area is 282 Å². The molecule has 1 heterocycles. The van der Waals surface area contributed by atoms with Gasteiger partial charge in [0.15, 0.2) is 0 Å². The number of carbonyl (C=O) groups is 3. The van der Waals surface area contributed by atoms with E-state index >= 15 is 0 Å². The zero-order valence-corrected chi connectivity index (χ0v) is 27.4. The number of carbonyl (C=O) groups excluding carboxylic acids is 2. The lowest BCUT2D eigenvalue weighted by atomic mass is 9.92. The van der Waals surface area contributed by atoms with E-state index in [1.54, 1.807) is 18.2 Å². The number of hydrogen-bond donors (Lipinski definition) is 3. The van der Waals surface area contributed by atoms with Crippen molar-refractivity contribution >= 4 is 17.9 Å². The highest BCUT2D eigenvalue weighted by molar-refractivity contribution is 5.91. The van der Waals surface area contributed by atoms with Crippen molar-refractivity contribution in [2.24, 2.45) is 0 Å². The van der Waals surface area contributed by atoms with Crippen LogP contribution in [0.2, 0.25) is 0 Å². The molecule has 4 aromatic carbocycles. The monoisotopic (exact) mass is 673 g/mol. The smallest absolute Gasteiger partial charge is 0.416 e. The molecular weight excluding hydrogens is 635 g/mol. The molecule has 0 saturated heterocycles. The predicted octanol–water partition coefficient (Wildman–Crippen LogP) is 7.00. The number of ether oxygens (including phenoxy) is 1. The van der Waals surface area contributed by atoms with Crippen LogP contribution in [-0.2, 0) is 41.8 Å². The molecule has 256 valence electrons. The fourth-order valence-corrected chi connectivity index (χ4v) is 5.61. The van der Waals surface area contributed by atoms with Crippen LogP contribution in [0.25, 0.3) is 11.1 Å². The van der Waals surface area contributed by atoms with Crippen LogP contribution in [0.1, 0.15) is 48.6 Å². The van der Waals surface area contributed by atoms with Gasteiger partial charge < -0.3 is 25.4 Å². The van der Waals surface area contributed by atoms with Crippen molar-refractivity contribution in [3.63, 3.8) is 0 Å². The second-order valence-corrected chi connectivity index (χ2v) is 13.1. The van der Waals surface area contributed by atoms with Crippen molar-refractivity contribution in [1.82, 2.24) is 15.5 Å². The van der Waals surface area contributed by atoms with Gasteiger partial charge in [-0.05, 0) is 78.4 Å². The average Bonchev–Trinajstić information content (AvgIpc) is 3.06. The van der Waals surface area contributed by atoms with Crippen LogP contribution in [0.5, 0.6) is 5.75 Å². The van der Waals surface area contributed by atoms with Crippen molar-refractivity contribution in [3.05, 3.63) is 125 Å². The van der Waals surface area contributed by atoms with Crippen LogP contribution in [0.15, 0.2) is 97.1 Å². The van der Waals surface area contributed by atoms with Gasteiger partial charge in [0.1, 0.15) is 24.4 Å². The third kappa shape index (κ3) is 9.19. The zero-order valence-electron chi connectivity index (χ0n) is 27.4. The van der Waals surface area contributed by atoms with Gasteiger partial charge in [-0.15, -0.1) is 0 Å². The molecule has 3 N–H and O–H groups in total. The Hall–Kier alpha value is -5.32. The number of fused-ring (bicyclic) bond motifs is 1. The van der Waals surface area contributed by atoms with Gasteiger partial charge >= 0.3 is 18.2 Å². The molecule has 49 heavy (non-hydrogen) atoms. The van der Waals surface area contributed by atoms with Crippen LogP contribution in [0.4, 0.5) is 18.0 Å². The fraction of sp³-hybridized carbons (Fsp3) is 0.289. The molecule has 1 aliphatic rings. The quantitative estimate of drug-likeness (QED) is 0.177. The Balaban J connectivity index is 1.31. The Morgan fingerprint density at radius 3 is 2.10 bits per heavy atom. The molecule has 0 spiro atoms. The third-order valence-corrected chi connectivity index (χ3v) is 8.16. The van der Waals surface area contributed by atoms with Crippen molar-refractivity contribution < 1.29 is 37.4 Å². The Morgan fingerprint density at radius 1 is 0.857 bits per heavy atom. The molecule has 8 nitrogen and oxygen atoms in total. The fourth-order valence-electron chi connectivity index (χ4n) is 5.61. The van der Waals surface area contributed by atoms with Gasteiger partial charge in [0.2, 0.25) is 5.91 Å². The zero-order chi connectivity index (χ0) is 35.3. The maximum absolute atomic E-state index is 13.8. The lowest BCUT2D eigenvalue weighted by Crippen LogP contribution is -2.59. The van der Waals surface area contributed by atoms with E-state index in [2.05, 4.69) is 10.6 Å². The van der Waals surface area contributed by atoms with Crippen molar-refractivity contribution in [2.45, 2.75) is 70.6 Å². The normalized spacial score (nSPS) is 15.1. The minimum atomic E-state index is -4.43. The lowest BCUT2D eigenvalue weighted by Gasteiger charge is -2.38. The minimum absolute atomic E-state index is 0.0295. The summed E-state index contributed by atoms with van der Waals surface area (Å²) in [4.78, 5) is 40.9. The molecule has 11 heteroatoms. The van der Waals surface area contributed by atoms with Crippen LogP contribution in [0, 0.1) is 0 Å². The van der Waals surface area contributed by atoms with Crippen LogP contribution < -0.4 is 15.4 Å². The molecule has 0 saturated carbocycles. The van der Waals surface area contributed by atoms with E-state index in [1.807, 2.05) is 75.4 Å². The Kier molecular flexibility index (Phi) is 10.3. The number of nitrogens with one attached hydrogen (secondary N) is 2. The van der Waals surface area contributed by atoms with Gasteiger partial charge in [0.05, 0.1) is 5.56 Å². The van der Waals surface area contributed by atoms with Gasteiger partial charge in [0, 0.05) is 24.9 Å². The molecule has 0 unspecified atom stereocenters. The number of benzene rings is 4. The van der Waals surface area contributed by atoms with E-state index in [4.69, 9.17) is 4.74 Å². The van der Waals surface area contributed by atoms with Crippen molar-refractivity contribution in [3.8, 4) is 16.9 Å². The molecule has 4 aromatic rings. The number of carboxylic acid groups (broad SMARTS) is 1. The standard InChI is InChI=1S/C38H38F3N3O5/c1-37(2,3)43-36(48)44-22-29-20-31(49-23-25-11-16-30(17-12-25)38(39,40)41)18-15-28(29)21-33(44)34(45)42-32(35(46)47)19-24-9-13-27(14-10-24)26-7-5-4-6-8-26/h4-18,20,32-33H,19,21-23H2,1-3H3,(H,42,45)(H,43,48)(H,46,47)/t32-,33-/m0/s1. The summed E-state index contributed by atoms with van der Waals surface area (Å²) in [5.74, 6) is -1.34. The van der Waals surface area contributed by atoms with Crippen LogP contribution >= 0.6 is 0 Å². The first kappa shape index (κ1) is 35.0. The first-order chi connectivity index (χ1) is 23.2. The average molecular weight is 674 g/mol. The number of carboxylic acids is 1. The molecule has 0 aromatic heterocycles. The molecule has 3 amide bonds. The number of alkyl halides is 3. The SMILES string of the molecule is CC(C)(C)NC(=O)N1Cc2cc(OCc3ccc(C(F)(F)F)cc3)ccc2C[C@H]1C(=O)N[C@@H](Cc1ccc(-c2ccccc2)cc1)C(=O)O. The third-order valence-electron chi connectivity index (χ3n) is 8.16. The number of urea groups is 1. The summed E-state index contributed by atoms with van der Waals surface area (Å²) in [6, 6.07) is 24.5. The number of aliphatic carboxylic acids is 1. The van der Waals surface area contributed by atoms with Gasteiger partial charge in [-0.3, -0.25) is 4.79 Å².